The van der Waals surface area contributed by atoms with Gasteiger partial charge >= 0.3 is 17.9 Å². The van der Waals surface area contributed by atoms with E-state index in [1.807, 2.05) is 0 Å². The number of carbonyl (C=O) groups is 3. The molecule has 0 spiro atoms. The van der Waals surface area contributed by atoms with Crippen molar-refractivity contribution in [2.75, 3.05) is 13.7 Å². The predicted octanol–water partition coefficient (Wildman–Crippen LogP) is 2.73. The first-order chi connectivity index (χ1) is 9.59. The summed E-state index contributed by atoms with van der Waals surface area (Å²) in [7, 11) is 1.33. The lowest BCUT2D eigenvalue weighted by atomic mass is 10.4. The Hall–Kier alpha value is -2.11. The van der Waals surface area contributed by atoms with E-state index in [4.69, 9.17) is 5.11 Å². The maximum atomic E-state index is 10.2. The molecule has 0 unspecified atom stereocenters. The molecule has 0 amide bonds. The third kappa shape index (κ3) is 27.2. The van der Waals surface area contributed by atoms with Crippen LogP contribution in [0.1, 0.15) is 40.5 Å². The Morgan fingerprint density at radius 2 is 1.48 bits per heavy atom. The molecule has 0 aliphatic rings. The van der Waals surface area contributed by atoms with Crippen molar-refractivity contribution < 1.29 is 29.0 Å². The molecule has 0 fully saturated rings. The summed E-state index contributed by atoms with van der Waals surface area (Å²) < 4.78 is 8.92. The number of methoxy groups -OCH3 is 1. The van der Waals surface area contributed by atoms with Gasteiger partial charge in [-0.05, 0) is 20.3 Å². The van der Waals surface area contributed by atoms with Crippen LogP contribution in [0.2, 0.25) is 0 Å². The van der Waals surface area contributed by atoms with E-state index in [2.05, 4.69) is 29.6 Å². The SMILES string of the molecule is C=C(C)C(=O)O.C=C(C)C(=O)OC.CCCCOC(C)=O. The average Bonchev–Trinajstić information content (AvgIpc) is 2.38. The Kier molecular flexibility index (Phi) is 18.2. The minimum absolute atomic E-state index is 0.176. The highest BCUT2D eigenvalue weighted by atomic mass is 16.5. The van der Waals surface area contributed by atoms with Gasteiger partial charge < -0.3 is 14.6 Å². The number of unbranched alkanes of at least 4 members (excludes halogenated alkanes) is 1. The fraction of sp³-hybridized carbons (Fsp3) is 0.533. The summed E-state index contributed by atoms with van der Waals surface area (Å²) >= 11 is 0. The Balaban J connectivity index is -0.000000234. The second-order valence-electron chi connectivity index (χ2n) is 4.05. The zero-order valence-electron chi connectivity index (χ0n) is 13.5. The van der Waals surface area contributed by atoms with Gasteiger partial charge in [-0.15, -0.1) is 0 Å². The highest BCUT2D eigenvalue weighted by molar-refractivity contribution is 5.86. The first kappa shape index (κ1) is 23.9. The van der Waals surface area contributed by atoms with Crippen molar-refractivity contribution >= 4 is 17.9 Å². The first-order valence-electron chi connectivity index (χ1n) is 6.36. The summed E-state index contributed by atoms with van der Waals surface area (Å²) in [4.78, 5) is 29.9. The van der Waals surface area contributed by atoms with Gasteiger partial charge in [0, 0.05) is 18.1 Å². The smallest absolute Gasteiger partial charge is 0.332 e. The average molecular weight is 302 g/mol. The summed E-state index contributed by atoms with van der Waals surface area (Å²) in [5.74, 6) is -1.46. The van der Waals surface area contributed by atoms with E-state index >= 15 is 0 Å². The molecule has 0 bridgehead atoms. The van der Waals surface area contributed by atoms with Crippen LogP contribution in [0.25, 0.3) is 0 Å². The van der Waals surface area contributed by atoms with Gasteiger partial charge in [-0.25, -0.2) is 9.59 Å². The largest absolute Gasteiger partial charge is 0.478 e. The molecule has 0 heterocycles. The summed E-state index contributed by atoms with van der Waals surface area (Å²) in [6, 6.07) is 0. The van der Waals surface area contributed by atoms with E-state index in [0.29, 0.717) is 12.2 Å². The molecular formula is C15H26O6. The van der Waals surface area contributed by atoms with Crippen molar-refractivity contribution in [3.8, 4) is 0 Å². The fourth-order valence-electron chi connectivity index (χ4n) is 0.534. The van der Waals surface area contributed by atoms with Gasteiger partial charge in [0.1, 0.15) is 0 Å². The van der Waals surface area contributed by atoms with Crippen LogP contribution in [0, 0.1) is 0 Å². The molecule has 0 radical (unpaired) electrons. The second kappa shape index (κ2) is 15.9. The van der Waals surface area contributed by atoms with Gasteiger partial charge in [-0.1, -0.05) is 26.5 Å². The Morgan fingerprint density at radius 1 is 1.05 bits per heavy atom. The number of carbonyl (C=O) groups excluding carboxylic acids is 2. The van der Waals surface area contributed by atoms with Gasteiger partial charge in [0.2, 0.25) is 0 Å². The second-order valence-corrected chi connectivity index (χ2v) is 4.05. The van der Waals surface area contributed by atoms with Gasteiger partial charge in [-0.3, -0.25) is 4.79 Å². The Labute approximate surface area is 126 Å². The van der Waals surface area contributed by atoms with E-state index in [9.17, 15) is 14.4 Å². The fourth-order valence-corrected chi connectivity index (χ4v) is 0.534. The molecular weight excluding hydrogens is 276 g/mol. The number of carboxylic acids is 1. The van der Waals surface area contributed by atoms with E-state index in [-0.39, 0.29) is 17.5 Å². The van der Waals surface area contributed by atoms with E-state index in [1.165, 1.54) is 21.0 Å². The number of ether oxygens (including phenoxy) is 2. The summed E-state index contributed by atoms with van der Waals surface area (Å²) in [5, 5.41) is 7.89. The highest BCUT2D eigenvalue weighted by Gasteiger charge is 1.95. The summed E-state index contributed by atoms with van der Waals surface area (Å²) in [6.07, 6.45) is 2.05. The van der Waals surface area contributed by atoms with Gasteiger partial charge in [0.25, 0.3) is 0 Å². The maximum Gasteiger partial charge on any atom is 0.332 e. The van der Waals surface area contributed by atoms with Crippen LogP contribution >= 0.6 is 0 Å². The number of aliphatic carboxylic acids is 1. The number of rotatable bonds is 5. The topological polar surface area (TPSA) is 89.9 Å². The van der Waals surface area contributed by atoms with Crippen LogP contribution in [0.3, 0.4) is 0 Å². The number of hydrogen-bond acceptors (Lipinski definition) is 5. The van der Waals surface area contributed by atoms with Crippen LogP contribution in [0.4, 0.5) is 0 Å². The van der Waals surface area contributed by atoms with E-state index < -0.39 is 5.97 Å². The van der Waals surface area contributed by atoms with Crippen molar-refractivity contribution in [3.63, 3.8) is 0 Å². The molecule has 0 aliphatic heterocycles. The molecule has 0 rings (SSSR count). The lowest BCUT2D eigenvalue weighted by Gasteiger charge is -1.96. The Bertz CT molecular complexity index is 345. The first-order valence-corrected chi connectivity index (χ1v) is 6.36. The highest BCUT2D eigenvalue weighted by Crippen LogP contribution is 1.87. The molecule has 0 saturated carbocycles. The normalized spacial score (nSPS) is 8.05. The third-order valence-corrected chi connectivity index (χ3v) is 1.70. The monoisotopic (exact) mass is 302 g/mol. The van der Waals surface area contributed by atoms with E-state index in [1.54, 1.807) is 6.92 Å². The molecule has 0 atom stereocenters. The van der Waals surface area contributed by atoms with Gasteiger partial charge in [-0.2, -0.15) is 0 Å². The van der Waals surface area contributed by atoms with Crippen LogP contribution in [-0.2, 0) is 23.9 Å². The maximum absolute atomic E-state index is 10.2. The third-order valence-electron chi connectivity index (χ3n) is 1.70. The number of esters is 2. The molecule has 6 heteroatoms. The van der Waals surface area contributed by atoms with Crippen molar-refractivity contribution in [2.45, 2.75) is 40.5 Å². The molecule has 21 heavy (non-hydrogen) atoms. The van der Waals surface area contributed by atoms with Gasteiger partial charge in [0.05, 0.1) is 13.7 Å². The van der Waals surface area contributed by atoms with Crippen LogP contribution < -0.4 is 0 Å². The number of carboxylic acid groups (broad SMARTS) is 1. The van der Waals surface area contributed by atoms with Crippen LogP contribution in [0.15, 0.2) is 24.3 Å². The minimum atomic E-state index is -0.935. The molecule has 122 valence electrons. The molecule has 0 aliphatic carbocycles. The van der Waals surface area contributed by atoms with Crippen molar-refractivity contribution in [1.29, 1.82) is 0 Å². The number of hydrogen-bond donors (Lipinski definition) is 1. The van der Waals surface area contributed by atoms with Crippen LogP contribution in [-0.4, -0.2) is 36.7 Å². The molecule has 0 aromatic carbocycles. The zero-order chi connectivity index (χ0) is 17.4. The van der Waals surface area contributed by atoms with E-state index in [0.717, 1.165) is 12.8 Å². The lowest BCUT2D eigenvalue weighted by molar-refractivity contribution is -0.141. The van der Waals surface area contributed by atoms with Crippen molar-refractivity contribution in [3.05, 3.63) is 24.3 Å². The summed E-state index contributed by atoms with van der Waals surface area (Å²) in [5.41, 5.74) is 0.609. The molecule has 0 aromatic rings. The quantitative estimate of drug-likeness (QED) is 0.477. The van der Waals surface area contributed by atoms with Crippen LogP contribution in [0.5, 0.6) is 0 Å². The molecule has 0 aromatic heterocycles. The Morgan fingerprint density at radius 3 is 1.62 bits per heavy atom. The molecule has 0 saturated heterocycles. The minimum Gasteiger partial charge on any atom is -0.478 e. The summed E-state index contributed by atoms with van der Waals surface area (Å²) in [6.45, 7) is 13.6. The predicted molar refractivity (Wildman–Crippen MR) is 80.8 cm³/mol. The van der Waals surface area contributed by atoms with Gasteiger partial charge in [0.15, 0.2) is 0 Å². The standard InChI is InChI=1S/C6H12O2.C5H8O2.C4H6O2/c1-3-4-5-8-6(2)7;1-4(2)5(6)7-3;1-3(2)4(5)6/h3-5H2,1-2H3;1H2,2-3H3;1H2,2H3,(H,5,6). The zero-order valence-corrected chi connectivity index (χ0v) is 13.5. The molecule has 1 N–H and O–H groups in total. The van der Waals surface area contributed by atoms with Crippen molar-refractivity contribution in [2.24, 2.45) is 0 Å². The lowest BCUT2D eigenvalue weighted by Crippen LogP contribution is -1.99. The van der Waals surface area contributed by atoms with Crippen molar-refractivity contribution in [1.82, 2.24) is 0 Å². The molecule has 6 nitrogen and oxygen atoms in total.